The van der Waals surface area contributed by atoms with E-state index in [1.807, 2.05) is 18.2 Å². The second-order valence-electron chi connectivity index (χ2n) is 3.21. The highest BCUT2D eigenvalue weighted by molar-refractivity contribution is 5.19. The van der Waals surface area contributed by atoms with Crippen molar-refractivity contribution in [3.8, 4) is 0 Å². The summed E-state index contributed by atoms with van der Waals surface area (Å²) in [7, 11) is 0. The molecule has 0 aliphatic carbocycles. The molecule has 0 fully saturated rings. The van der Waals surface area contributed by atoms with Crippen molar-refractivity contribution in [1.82, 2.24) is 0 Å². The first kappa shape index (κ1) is 7.85. The Hall–Kier alpha value is -0.780. The van der Waals surface area contributed by atoms with Crippen molar-refractivity contribution < 1.29 is 1.37 Å². The van der Waals surface area contributed by atoms with Gasteiger partial charge in [0, 0.05) is 0 Å². The zero-order valence-corrected chi connectivity index (χ0v) is 8.01. The van der Waals surface area contributed by atoms with E-state index in [1.54, 1.807) is 0 Å². The topological polar surface area (TPSA) is 0 Å². The fourth-order valence-electron chi connectivity index (χ4n) is 1.59. The van der Waals surface area contributed by atoms with Crippen LogP contribution in [0.4, 0.5) is 0 Å². The highest BCUT2D eigenvalue weighted by Gasteiger charge is 2.05. The van der Waals surface area contributed by atoms with Gasteiger partial charge in [-0.3, -0.25) is 0 Å². The molecule has 0 aromatic heterocycles. The Bertz CT molecular complexity index is 255. The minimum atomic E-state index is 0.582. The first-order valence-corrected chi connectivity index (χ1v) is 4.85. The van der Waals surface area contributed by atoms with E-state index in [0.29, 0.717) is 12.0 Å². The molecule has 1 unspecified atom stereocenters. The minimum absolute atomic E-state index is 0.582. The van der Waals surface area contributed by atoms with Gasteiger partial charge in [-0.05, 0) is 24.3 Å². The van der Waals surface area contributed by atoms with Gasteiger partial charge in [0.05, 0.1) is 1.37 Å². The maximum absolute atomic E-state index is 7.78. The first-order valence-electron chi connectivity index (χ1n) is 5.35. The molecule has 0 spiro atoms. The average molecular weight is 164 g/mol. The van der Waals surface area contributed by atoms with Gasteiger partial charge in [0.25, 0.3) is 0 Å². The van der Waals surface area contributed by atoms with Crippen LogP contribution in [0.3, 0.4) is 0 Å². The van der Waals surface area contributed by atoms with Crippen LogP contribution in [-0.2, 0) is 0 Å². The second-order valence-corrected chi connectivity index (χ2v) is 3.21. The van der Waals surface area contributed by atoms with Crippen molar-refractivity contribution in [2.45, 2.75) is 39.0 Å². The molecule has 1 aromatic carbocycles. The molecule has 66 valence electrons. The fraction of sp³-hybridized carbons (Fsp3) is 0.500. The summed E-state index contributed by atoms with van der Waals surface area (Å²) >= 11 is 0. The fourth-order valence-corrected chi connectivity index (χ4v) is 1.59. The molecule has 0 aliphatic rings. The molecule has 1 rings (SSSR count). The van der Waals surface area contributed by atoms with Gasteiger partial charge in [0.1, 0.15) is 0 Å². The van der Waals surface area contributed by atoms with Crippen molar-refractivity contribution in [3.05, 3.63) is 35.9 Å². The first-order chi connectivity index (χ1) is 6.29. The third-order valence-corrected chi connectivity index (χ3v) is 2.30. The summed E-state index contributed by atoms with van der Waals surface area (Å²) in [4.78, 5) is 0. The molecule has 0 saturated heterocycles. The van der Waals surface area contributed by atoms with E-state index in [2.05, 4.69) is 19.9 Å². The maximum Gasteiger partial charge on any atom is 0.0626 e. The maximum atomic E-state index is 7.78. The van der Waals surface area contributed by atoms with E-state index in [0.717, 1.165) is 6.42 Å². The van der Waals surface area contributed by atoms with Crippen molar-refractivity contribution in [2.24, 2.45) is 0 Å². The van der Waals surface area contributed by atoms with E-state index in [-0.39, 0.29) is 0 Å². The van der Waals surface area contributed by atoms with Gasteiger partial charge < -0.3 is 0 Å². The predicted octanol–water partition coefficient (Wildman–Crippen LogP) is 3.98. The molecule has 0 heterocycles. The highest BCUT2D eigenvalue weighted by atomic mass is 14.1. The molecule has 0 N–H and O–H groups in total. The third-order valence-electron chi connectivity index (χ3n) is 2.30. The van der Waals surface area contributed by atoms with Crippen LogP contribution in [0.25, 0.3) is 0 Å². The largest absolute Gasteiger partial charge is 0.0654 e. The highest BCUT2D eigenvalue weighted by Crippen LogP contribution is 2.23. The molecule has 1 aromatic rings. The quantitative estimate of drug-likeness (QED) is 0.631. The summed E-state index contributed by atoms with van der Waals surface area (Å²) in [6.07, 6.45) is 3.54. The lowest BCUT2D eigenvalue weighted by molar-refractivity contribution is 0.596. The normalized spacial score (nSPS) is 14.0. The van der Waals surface area contributed by atoms with Crippen LogP contribution in [-0.4, -0.2) is 0 Å². The summed E-state index contributed by atoms with van der Waals surface area (Å²) in [5.74, 6) is 0.582. The van der Waals surface area contributed by atoms with Crippen LogP contribution in [0.5, 0.6) is 0 Å². The molecule has 1 atom stereocenters. The zero-order chi connectivity index (χ0) is 9.68. The lowest BCUT2D eigenvalue weighted by atomic mass is 9.92. The van der Waals surface area contributed by atoms with E-state index < -0.39 is 0 Å². The number of rotatable bonds is 4. The SMILES string of the molecule is [3H]c1ccccc1C(CC)CCC. The molecule has 0 aliphatic heterocycles. The molecule has 0 bridgehead atoms. The van der Waals surface area contributed by atoms with E-state index in [9.17, 15) is 0 Å². The van der Waals surface area contributed by atoms with Gasteiger partial charge in [-0.25, -0.2) is 0 Å². The minimum Gasteiger partial charge on any atom is -0.0654 e. The molecule has 0 nitrogen and oxygen atoms in total. The van der Waals surface area contributed by atoms with Crippen molar-refractivity contribution in [2.75, 3.05) is 0 Å². The molecule has 0 saturated carbocycles. The summed E-state index contributed by atoms with van der Waals surface area (Å²) < 4.78 is 7.78. The Morgan fingerprint density at radius 2 is 2.17 bits per heavy atom. The van der Waals surface area contributed by atoms with Crippen LogP contribution >= 0.6 is 0 Å². The monoisotopic (exact) mass is 164 g/mol. The van der Waals surface area contributed by atoms with Gasteiger partial charge in [0.15, 0.2) is 0 Å². The lowest BCUT2D eigenvalue weighted by Crippen LogP contribution is -1.95. The molecule has 0 amide bonds. The second kappa shape index (κ2) is 4.97. The Labute approximate surface area is 77.0 Å². The van der Waals surface area contributed by atoms with Crippen LogP contribution in [0.2, 0.25) is 0 Å². The van der Waals surface area contributed by atoms with Crippen molar-refractivity contribution >= 4 is 0 Å². The van der Waals surface area contributed by atoms with Gasteiger partial charge >= 0.3 is 0 Å². The number of hydrogen-bond acceptors (Lipinski definition) is 0. The van der Waals surface area contributed by atoms with Gasteiger partial charge in [-0.1, -0.05) is 50.6 Å². The Morgan fingerprint density at radius 3 is 2.75 bits per heavy atom. The Balaban J connectivity index is 2.84. The standard InChI is InChI=1S/C12H18/c1-3-8-11(4-2)12-9-6-5-7-10-12/h5-7,9-11H,3-4,8H2,1-2H3/i9T. The smallest absolute Gasteiger partial charge is 0.0626 e. The van der Waals surface area contributed by atoms with Crippen molar-refractivity contribution in [3.63, 3.8) is 0 Å². The Morgan fingerprint density at radius 1 is 1.33 bits per heavy atom. The van der Waals surface area contributed by atoms with Gasteiger partial charge in [-0.15, -0.1) is 0 Å². The van der Waals surface area contributed by atoms with E-state index in [1.165, 1.54) is 18.4 Å². The molecule has 12 heavy (non-hydrogen) atoms. The van der Waals surface area contributed by atoms with E-state index >= 15 is 0 Å². The summed E-state index contributed by atoms with van der Waals surface area (Å²) in [5, 5.41) is 0. The van der Waals surface area contributed by atoms with Crippen LogP contribution < -0.4 is 0 Å². The van der Waals surface area contributed by atoms with Crippen LogP contribution in [0.1, 0.15) is 46.0 Å². The molecular weight excluding hydrogens is 144 g/mol. The molecule has 0 heteroatoms. The summed E-state index contributed by atoms with van der Waals surface area (Å²) in [6, 6.07) is 8.64. The van der Waals surface area contributed by atoms with Crippen molar-refractivity contribution in [1.29, 1.82) is 0 Å². The van der Waals surface area contributed by atoms with Crippen LogP contribution in [0.15, 0.2) is 30.3 Å². The lowest BCUT2D eigenvalue weighted by Gasteiger charge is -2.13. The summed E-state index contributed by atoms with van der Waals surface area (Å²) in [6.45, 7) is 4.40. The van der Waals surface area contributed by atoms with Gasteiger partial charge in [-0.2, -0.15) is 0 Å². The van der Waals surface area contributed by atoms with Gasteiger partial charge in [0.2, 0.25) is 0 Å². The zero-order valence-electron chi connectivity index (χ0n) is 9.01. The molecule has 0 radical (unpaired) electrons. The summed E-state index contributed by atoms with van der Waals surface area (Å²) in [5.41, 5.74) is 1.21. The predicted molar refractivity (Wildman–Crippen MR) is 54.4 cm³/mol. The third kappa shape index (κ3) is 2.37. The van der Waals surface area contributed by atoms with E-state index in [4.69, 9.17) is 1.37 Å². The molecular formula is C12H18. The average Bonchev–Trinajstić information content (AvgIpc) is 2.16. The Kier molecular flexibility index (Phi) is 3.25. The van der Waals surface area contributed by atoms with Crippen LogP contribution in [0, 0.1) is 0 Å². The number of benzene rings is 1. The number of hydrogen-bond donors (Lipinski definition) is 0.